The zero-order chi connectivity index (χ0) is 14.5. The fourth-order valence-corrected chi connectivity index (χ4v) is 2.20. The number of hydrogen-bond donors (Lipinski definition) is 1. The molecule has 0 unspecified atom stereocenters. The van der Waals surface area contributed by atoms with Gasteiger partial charge in [0.15, 0.2) is 0 Å². The van der Waals surface area contributed by atoms with Crippen LogP contribution in [0.2, 0.25) is 0 Å². The first-order valence-electron chi connectivity index (χ1n) is 6.40. The van der Waals surface area contributed by atoms with Gasteiger partial charge in [-0.25, -0.2) is 0 Å². The third kappa shape index (κ3) is 3.72. The van der Waals surface area contributed by atoms with E-state index in [1.807, 2.05) is 50.2 Å². The highest BCUT2D eigenvalue weighted by molar-refractivity contribution is 14.1. The minimum atomic E-state index is -0.114. The fourth-order valence-electron chi connectivity index (χ4n) is 1.84. The zero-order valence-corrected chi connectivity index (χ0v) is 13.6. The smallest absolute Gasteiger partial charge is 0.255 e. The van der Waals surface area contributed by atoms with Gasteiger partial charge in [0, 0.05) is 14.8 Å². The Balaban J connectivity index is 2.13. The summed E-state index contributed by atoms with van der Waals surface area (Å²) >= 11 is 2.23. The van der Waals surface area contributed by atoms with Crippen LogP contribution in [0.15, 0.2) is 42.5 Å². The van der Waals surface area contributed by atoms with Crippen LogP contribution in [0.4, 0.5) is 5.69 Å². The van der Waals surface area contributed by atoms with Crippen molar-refractivity contribution in [3.63, 3.8) is 0 Å². The zero-order valence-electron chi connectivity index (χ0n) is 11.4. The van der Waals surface area contributed by atoms with Gasteiger partial charge in [0.1, 0.15) is 5.75 Å². The molecule has 20 heavy (non-hydrogen) atoms. The van der Waals surface area contributed by atoms with Crippen LogP contribution >= 0.6 is 22.6 Å². The molecule has 0 aliphatic rings. The van der Waals surface area contributed by atoms with Gasteiger partial charge in [-0.15, -0.1) is 0 Å². The van der Waals surface area contributed by atoms with Gasteiger partial charge in [0.25, 0.3) is 5.91 Å². The first-order chi connectivity index (χ1) is 9.60. The number of ether oxygens (including phenoxy) is 1. The highest BCUT2D eigenvalue weighted by atomic mass is 127. The molecule has 0 aliphatic carbocycles. The first kappa shape index (κ1) is 14.8. The lowest BCUT2D eigenvalue weighted by Crippen LogP contribution is -2.12. The van der Waals surface area contributed by atoms with E-state index in [9.17, 15) is 4.79 Å². The number of nitrogens with one attached hydrogen (secondary N) is 1. The second kappa shape index (κ2) is 6.74. The molecule has 0 radical (unpaired) electrons. The molecule has 0 saturated heterocycles. The Labute approximate surface area is 132 Å². The number of hydrogen-bond acceptors (Lipinski definition) is 2. The molecular weight excluding hydrogens is 365 g/mol. The number of benzene rings is 2. The molecule has 0 heterocycles. The lowest BCUT2D eigenvalue weighted by molar-refractivity contribution is 0.102. The van der Waals surface area contributed by atoms with Gasteiger partial charge >= 0.3 is 0 Å². The van der Waals surface area contributed by atoms with Crippen LogP contribution in [0.1, 0.15) is 22.8 Å². The normalized spacial score (nSPS) is 10.2. The van der Waals surface area contributed by atoms with E-state index in [0.717, 1.165) is 20.6 Å². The van der Waals surface area contributed by atoms with Crippen molar-refractivity contribution >= 4 is 34.2 Å². The Morgan fingerprint density at radius 1 is 1.20 bits per heavy atom. The Kier molecular flexibility index (Phi) is 5.00. The van der Waals surface area contributed by atoms with E-state index in [-0.39, 0.29) is 5.91 Å². The van der Waals surface area contributed by atoms with Gasteiger partial charge in [-0.05, 0) is 84.5 Å². The molecule has 2 aromatic rings. The Bertz CT molecular complexity index is 608. The van der Waals surface area contributed by atoms with Crippen molar-refractivity contribution in [3.05, 3.63) is 57.2 Å². The lowest BCUT2D eigenvalue weighted by atomic mass is 10.1. The summed E-state index contributed by atoms with van der Waals surface area (Å²) in [4.78, 5) is 12.2. The summed E-state index contributed by atoms with van der Waals surface area (Å²) in [6, 6.07) is 13.1. The van der Waals surface area contributed by atoms with Crippen molar-refractivity contribution in [1.82, 2.24) is 0 Å². The molecule has 104 valence electrons. The molecule has 0 atom stereocenters. The summed E-state index contributed by atoms with van der Waals surface area (Å²) in [6.45, 7) is 4.50. The number of carbonyl (C=O) groups is 1. The van der Waals surface area contributed by atoms with E-state index in [0.29, 0.717) is 12.2 Å². The number of halogens is 1. The maximum absolute atomic E-state index is 12.2. The van der Waals surface area contributed by atoms with Crippen LogP contribution in [-0.4, -0.2) is 12.5 Å². The van der Waals surface area contributed by atoms with Crippen LogP contribution < -0.4 is 10.1 Å². The maximum Gasteiger partial charge on any atom is 0.255 e. The number of rotatable bonds is 4. The minimum absolute atomic E-state index is 0.114. The summed E-state index contributed by atoms with van der Waals surface area (Å²) in [5.41, 5.74) is 2.38. The van der Waals surface area contributed by atoms with E-state index in [1.54, 1.807) is 6.07 Å². The Hall–Kier alpha value is -1.56. The highest BCUT2D eigenvalue weighted by Crippen LogP contribution is 2.20. The SMILES string of the molecule is CCOc1ccc(C(=O)Nc2ccc(I)cc2)cc1C. The molecule has 0 aromatic heterocycles. The van der Waals surface area contributed by atoms with E-state index in [1.165, 1.54) is 0 Å². The highest BCUT2D eigenvalue weighted by Gasteiger charge is 2.08. The first-order valence-corrected chi connectivity index (χ1v) is 7.48. The molecule has 0 bridgehead atoms. The summed E-state index contributed by atoms with van der Waals surface area (Å²) in [7, 11) is 0. The molecule has 1 amide bonds. The number of amides is 1. The molecule has 0 fully saturated rings. The fraction of sp³-hybridized carbons (Fsp3) is 0.188. The Morgan fingerprint density at radius 3 is 2.50 bits per heavy atom. The average Bonchev–Trinajstić information content (AvgIpc) is 2.44. The summed E-state index contributed by atoms with van der Waals surface area (Å²) < 4.78 is 6.61. The van der Waals surface area contributed by atoms with Crippen LogP contribution in [0.25, 0.3) is 0 Å². The maximum atomic E-state index is 12.2. The standard InChI is InChI=1S/C16H16INO2/c1-3-20-15-9-4-12(10-11(15)2)16(19)18-14-7-5-13(17)6-8-14/h4-10H,3H2,1-2H3,(H,18,19). The topological polar surface area (TPSA) is 38.3 Å². The molecule has 0 saturated carbocycles. The van der Waals surface area contributed by atoms with Crippen molar-refractivity contribution in [2.45, 2.75) is 13.8 Å². The molecule has 4 heteroatoms. The van der Waals surface area contributed by atoms with E-state index < -0.39 is 0 Å². The number of anilines is 1. The third-order valence-corrected chi connectivity index (χ3v) is 3.56. The largest absolute Gasteiger partial charge is 0.494 e. The molecule has 2 rings (SSSR count). The van der Waals surface area contributed by atoms with Gasteiger partial charge in [-0.3, -0.25) is 4.79 Å². The van der Waals surface area contributed by atoms with E-state index in [2.05, 4.69) is 27.9 Å². The van der Waals surface area contributed by atoms with E-state index >= 15 is 0 Å². The predicted octanol–water partition coefficient (Wildman–Crippen LogP) is 4.25. The molecule has 2 aromatic carbocycles. The van der Waals surface area contributed by atoms with Crippen LogP contribution in [0.5, 0.6) is 5.75 Å². The predicted molar refractivity (Wildman–Crippen MR) is 89.5 cm³/mol. The minimum Gasteiger partial charge on any atom is -0.494 e. The molecule has 3 nitrogen and oxygen atoms in total. The van der Waals surface area contributed by atoms with Crippen LogP contribution in [-0.2, 0) is 0 Å². The summed E-state index contributed by atoms with van der Waals surface area (Å²) in [5.74, 6) is 0.704. The Morgan fingerprint density at radius 2 is 1.90 bits per heavy atom. The van der Waals surface area contributed by atoms with Crippen LogP contribution in [0.3, 0.4) is 0 Å². The molecule has 0 aliphatic heterocycles. The van der Waals surface area contributed by atoms with Crippen molar-refractivity contribution in [3.8, 4) is 5.75 Å². The van der Waals surface area contributed by atoms with Gasteiger partial charge in [-0.2, -0.15) is 0 Å². The number of aryl methyl sites for hydroxylation is 1. The monoisotopic (exact) mass is 381 g/mol. The van der Waals surface area contributed by atoms with Crippen LogP contribution in [0, 0.1) is 10.5 Å². The summed E-state index contributed by atoms with van der Waals surface area (Å²) in [6.07, 6.45) is 0. The molecular formula is C16H16INO2. The van der Waals surface area contributed by atoms with E-state index in [4.69, 9.17) is 4.74 Å². The number of carbonyl (C=O) groups excluding carboxylic acids is 1. The molecule has 0 spiro atoms. The second-order valence-corrected chi connectivity index (χ2v) is 5.62. The van der Waals surface area contributed by atoms with Gasteiger partial charge in [0.05, 0.1) is 6.61 Å². The third-order valence-electron chi connectivity index (χ3n) is 2.84. The second-order valence-electron chi connectivity index (χ2n) is 4.37. The van der Waals surface area contributed by atoms with Gasteiger partial charge in [0.2, 0.25) is 0 Å². The van der Waals surface area contributed by atoms with Crippen molar-refractivity contribution in [2.24, 2.45) is 0 Å². The van der Waals surface area contributed by atoms with Crippen molar-refractivity contribution in [1.29, 1.82) is 0 Å². The van der Waals surface area contributed by atoms with Gasteiger partial charge < -0.3 is 10.1 Å². The average molecular weight is 381 g/mol. The quantitative estimate of drug-likeness (QED) is 0.805. The molecule has 1 N–H and O–H groups in total. The van der Waals surface area contributed by atoms with Crippen molar-refractivity contribution in [2.75, 3.05) is 11.9 Å². The lowest BCUT2D eigenvalue weighted by Gasteiger charge is -2.09. The van der Waals surface area contributed by atoms with Crippen molar-refractivity contribution < 1.29 is 9.53 Å². The van der Waals surface area contributed by atoms with Gasteiger partial charge in [-0.1, -0.05) is 0 Å². The summed E-state index contributed by atoms with van der Waals surface area (Å²) in [5, 5.41) is 2.88.